The first kappa shape index (κ1) is 22.2. The van der Waals surface area contributed by atoms with Crippen molar-refractivity contribution >= 4 is 17.7 Å². The quantitative estimate of drug-likeness (QED) is 0.669. The molecular weight excluding hydrogens is 405 g/mol. The third-order valence-corrected chi connectivity index (χ3v) is 6.30. The van der Waals surface area contributed by atoms with Crippen molar-refractivity contribution in [1.82, 2.24) is 10.6 Å². The molecule has 162 valence electrons. The number of methoxy groups -OCH3 is 1. The van der Waals surface area contributed by atoms with Gasteiger partial charge in [0.2, 0.25) is 0 Å². The lowest BCUT2D eigenvalue weighted by Crippen LogP contribution is -2.57. The van der Waals surface area contributed by atoms with Crippen LogP contribution in [0.25, 0.3) is 0 Å². The highest BCUT2D eigenvalue weighted by Gasteiger charge is 2.35. The van der Waals surface area contributed by atoms with Gasteiger partial charge in [-0.25, -0.2) is 0 Å². The maximum absolute atomic E-state index is 13.2. The highest BCUT2D eigenvalue weighted by Crippen LogP contribution is 2.38. The number of alkyl halides is 3. The molecule has 9 heteroatoms. The van der Waals surface area contributed by atoms with Gasteiger partial charge in [0.05, 0.1) is 30.9 Å². The molecule has 2 N–H and O–H groups in total. The van der Waals surface area contributed by atoms with Crippen molar-refractivity contribution in [3.63, 3.8) is 0 Å². The number of thioether (sulfide) groups is 1. The van der Waals surface area contributed by atoms with E-state index in [4.69, 9.17) is 9.47 Å². The Morgan fingerprint density at radius 1 is 1.21 bits per heavy atom. The molecule has 1 aromatic rings. The minimum atomic E-state index is -4.51. The lowest BCUT2D eigenvalue weighted by Gasteiger charge is -2.35. The molecule has 1 heterocycles. The summed E-state index contributed by atoms with van der Waals surface area (Å²) < 4.78 is 50.2. The van der Waals surface area contributed by atoms with Crippen molar-refractivity contribution in [1.29, 1.82) is 0 Å². The van der Waals surface area contributed by atoms with Crippen molar-refractivity contribution in [3.05, 3.63) is 23.3 Å². The van der Waals surface area contributed by atoms with E-state index >= 15 is 0 Å². The first-order valence-corrected chi connectivity index (χ1v) is 11.0. The van der Waals surface area contributed by atoms with E-state index in [1.165, 1.54) is 20.0 Å². The van der Waals surface area contributed by atoms with Crippen LogP contribution >= 0.6 is 11.8 Å². The summed E-state index contributed by atoms with van der Waals surface area (Å²) in [5.74, 6) is -0.535. The minimum Gasteiger partial charge on any atom is -0.496 e. The molecule has 0 aromatic heterocycles. The predicted molar refractivity (Wildman–Crippen MR) is 106 cm³/mol. The zero-order chi connectivity index (χ0) is 21.0. The van der Waals surface area contributed by atoms with Gasteiger partial charge in [0.1, 0.15) is 5.75 Å². The molecule has 0 spiro atoms. The number of hydrogen-bond acceptors (Lipinski definition) is 5. The zero-order valence-corrected chi connectivity index (χ0v) is 17.4. The SMILES string of the molecule is COc1cc(C(F)(F)F)cc(SC)c1C(=O)NC1COCCC1NC1CCCC1. The van der Waals surface area contributed by atoms with Crippen molar-refractivity contribution in [2.24, 2.45) is 0 Å². The third kappa shape index (κ3) is 5.38. The Kier molecular flexibility index (Phi) is 7.34. The summed E-state index contributed by atoms with van der Waals surface area (Å²) in [6.07, 6.45) is 2.57. The monoisotopic (exact) mass is 432 g/mol. The van der Waals surface area contributed by atoms with Crippen LogP contribution in [0.4, 0.5) is 13.2 Å². The standard InChI is InChI=1S/C20H27F3N2O3S/c1-27-16-9-12(20(21,22)23)10-17(29-2)18(16)19(26)25-15-11-28-8-7-14(15)24-13-5-3-4-6-13/h9-10,13-15,24H,3-8,11H2,1-2H3,(H,25,26). The van der Waals surface area contributed by atoms with Crippen molar-refractivity contribution in [3.8, 4) is 5.75 Å². The fraction of sp³-hybridized carbons (Fsp3) is 0.650. The second-order valence-corrected chi connectivity index (χ2v) is 8.30. The number of ether oxygens (including phenoxy) is 2. The van der Waals surface area contributed by atoms with Crippen LogP contribution in [0, 0.1) is 0 Å². The fourth-order valence-electron chi connectivity index (χ4n) is 4.01. The van der Waals surface area contributed by atoms with Crippen LogP contribution in [0.3, 0.4) is 0 Å². The van der Waals surface area contributed by atoms with Gasteiger partial charge in [-0.05, 0) is 37.7 Å². The van der Waals surface area contributed by atoms with Gasteiger partial charge in [0.15, 0.2) is 0 Å². The van der Waals surface area contributed by atoms with Crippen LogP contribution in [-0.2, 0) is 10.9 Å². The first-order valence-electron chi connectivity index (χ1n) is 9.81. The maximum atomic E-state index is 13.2. The third-order valence-electron chi connectivity index (χ3n) is 5.54. The van der Waals surface area contributed by atoms with Gasteiger partial charge in [-0.2, -0.15) is 13.2 Å². The number of benzene rings is 1. The van der Waals surface area contributed by atoms with E-state index in [1.54, 1.807) is 6.26 Å². The van der Waals surface area contributed by atoms with Gasteiger partial charge in [-0.1, -0.05) is 12.8 Å². The number of carbonyl (C=O) groups is 1. The number of carbonyl (C=O) groups excluding carboxylic acids is 1. The van der Waals surface area contributed by atoms with Gasteiger partial charge in [-0.15, -0.1) is 11.8 Å². The molecule has 1 saturated heterocycles. The molecule has 5 nitrogen and oxygen atoms in total. The molecule has 1 aromatic carbocycles. The van der Waals surface area contributed by atoms with E-state index in [0.29, 0.717) is 19.3 Å². The Morgan fingerprint density at radius 3 is 2.55 bits per heavy atom. The van der Waals surface area contributed by atoms with Gasteiger partial charge in [0.25, 0.3) is 5.91 Å². The highest BCUT2D eigenvalue weighted by molar-refractivity contribution is 7.98. The number of hydrogen-bond donors (Lipinski definition) is 2. The number of halogens is 3. The van der Waals surface area contributed by atoms with Crippen LogP contribution in [0.1, 0.15) is 48.0 Å². The maximum Gasteiger partial charge on any atom is 0.416 e. The van der Waals surface area contributed by atoms with E-state index in [2.05, 4.69) is 10.6 Å². The number of amides is 1. The van der Waals surface area contributed by atoms with E-state index in [1.807, 2.05) is 0 Å². The zero-order valence-electron chi connectivity index (χ0n) is 16.6. The Hall–Kier alpha value is -1.45. The Balaban J connectivity index is 1.81. The van der Waals surface area contributed by atoms with Crippen molar-refractivity contribution in [2.75, 3.05) is 26.6 Å². The summed E-state index contributed by atoms with van der Waals surface area (Å²) in [5, 5.41) is 6.60. The van der Waals surface area contributed by atoms with Crippen LogP contribution < -0.4 is 15.4 Å². The van der Waals surface area contributed by atoms with Crippen LogP contribution in [0.2, 0.25) is 0 Å². The summed E-state index contributed by atoms with van der Waals surface area (Å²) in [6.45, 7) is 0.990. The average Bonchev–Trinajstić information content (AvgIpc) is 3.20. The Bertz CT molecular complexity index is 698. The summed E-state index contributed by atoms with van der Waals surface area (Å²) in [4.78, 5) is 13.3. The average molecular weight is 433 g/mol. The highest BCUT2D eigenvalue weighted by atomic mass is 32.2. The van der Waals surface area contributed by atoms with Gasteiger partial charge in [0, 0.05) is 23.6 Å². The fourth-order valence-corrected chi connectivity index (χ4v) is 4.66. The molecule has 1 aliphatic carbocycles. The lowest BCUT2D eigenvalue weighted by atomic mass is 10.0. The molecular formula is C20H27F3N2O3S. The molecule has 1 saturated carbocycles. The largest absolute Gasteiger partial charge is 0.496 e. The Morgan fingerprint density at radius 2 is 1.93 bits per heavy atom. The smallest absolute Gasteiger partial charge is 0.416 e. The van der Waals surface area contributed by atoms with Crippen LogP contribution in [0.15, 0.2) is 17.0 Å². The molecule has 2 aliphatic rings. The van der Waals surface area contributed by atoms with Gasteiger partial charge < -0.3 is 20.1 Å². The first-order chi connectivity index (χ1) is 13.8. The lowest BCUT2D eigenvalue weighted by molar-refractivity contribution is -0.137. The predicted octanol–water partition coefficient (Wildman–Crippen LogP) is 3.86. The minimum absolute atomic E-state index is 0.0778. The summed E-state index contributed by atoms with van der Waals surface area (Å²) in [6, 6.07) is 2.14. The van der Waals surface area contributed by atoms with Gasteiger partial charge in [-0.3, -0.25) is 4.79 Å². The number of nitrogens with one attached hydrogen (secondary N) is 2. The van der Waals surface area contributed by atoms with E-state index in [-0.39, 0.29) is 28.3 Å². The normalized spacial score (nSPS) is 23.2. The molecule has 1 amide bonds. The molecule has 0 bridgehead atoms. The summed E-state index contributed by atoms with van der Waals surface area (Å²) in [5.41, 5.74) is -0.713. The van der Waals surface area contributed by atoms with Crippen molar-refractivity contribution < 1.29 is 27.4 Å². The second-order valence-electron chi connectivity index (χ2n) is 7.45. The molecule has 0 radical (unpaired) electrons. The second kappa shape index (κ2) is 9.57. The Labute approximate surface area is 173 Å². The molecule has 2 fully saturated rings. The topological polar surface area (TPSA) is 59.6 Å². The van der Waals surface area contributed by atoms with E-state index in [9.17, 15) is 18.0 Å². The molecule has 3 rings (SSSR count). The van der Waals surface area contributed by atoms with Crippen molar-refractivity contribution in [2.45, 2.75) is 61.3 Å². The summed E-state index contributed by atoms with van der Waals surface area (Å²) >= 11 is 1.08. The molecule has 1 aliphatic heterocycles. The van der Waals surface area contributed by atoms with Gasteiger partial charge >= 0.3 is 6.18 Å². The summed E-state index contributed by atoms with van der Waals surface area (Å²) in [7, 11) is 1.27. The molecule has 2 atom stereocenters. The number of rotatable bonds is 6. The molecule has 29 heavy (non-hydrogen) atoms. The van der Waals surface area contributed by atoms with Crippen LogP contribution in [-0.4, -0.2) is 50.6 Å². The van der Waals surface area contributed by atoms with Crippen LogP contribution in [0.5, 0.6) is 5.75 Å². The van der Waals surface area contributed by atoms with E-state index < -0.39 is 17.6 Å². The van der Waals surface area contributed by atoms with E-state index in [0.717, 1.165) is 43.2 Å². The molecule has 2 unspecified atom stereocenters.